The van der Waals surface area contributed by atoms with Crippen LogP contribution in [0.2, 0.25) is 0 Å². The van der Waals surface area contributed by atoms with Gasteiger partial charge < -0.3 is 25.1 Å². The van der Waals surface area contributed by atoms with E-state index in [-0.39, 0.29) is 42.6 Å². The molecule has 0 bridgehead atoms. The predicted molar refractivity (Wildman–Crippen MR) is 123 cm³/mol. The molecule has 9 heteroatoms. The fourth-order valence-corrected chi connectivity index (χ4v) is 4.01. The zero-order valence-corrected chi connectivity index (χ0v) is 20.1. The third kappa shape index (κ3) is 7.83. The number of carbonyl (C=O) groups excluding carboxylic acids is 3. The first-order chi connectivity index (χ1) is 16.2. The Morgan fingerprint density at radius 1 is 1.00 bits per heavy atom. The summed E-state index contributed by atoms with van der Waals surface area (Å²) in [5, 5.41) is 9.58. The van der Waals surface area contributed by atoms with Gasteiger partial charge in [0.25, 0.3) is 0 Å². The van der Waals surface area contributed by atoms with Gasteiger partial charge in [0.2, 0.25) is 0 Å². The van der Waals surface area contributed by atoms with E-state index in [0.717, 1.165) is 32.1 Å². The van der Waals surface area contributed by atoms with Crippen molar-refractivity contribution in [2.45, 2.75) is 90.2 Å². The molecule has 1 aromatic rings. The second-order valence-electron chi connectivity index (χ2n) is 8.65. The summed E-state index contributed by atoms with van der Waals surface area (Å²) in [7, 11) is 0. The summed E-state index contributed by atoms with van der Waals surface area (Å²) in [6, 6.07) is 3.18. The summed E-state index contributed by atoms with van der Waals surface area (Å²) in [6.45, 7) is 4.96. The molecule has 0 aromatic heterocycles. The largest absolute Gasteiger partial charge is 0.480 e. The Bertz CT molecular complexity index is 878. The molecule has 2 unspecified atom stereocenters. The smallest absolute Gasteiger partial charge is 0.321 e. The van der Waals surface area contributed by atoms with Crippen molar-refractivity contribution in [3.8, 4) is 11.5 Å². The van der Waals surface area contributed by atoms with E-state index in [0.29, 0.717) is 5.56 Å². The fraction of sp³-hybridized carbons (Fsp3) is 0.600. The number of ether oxygens (including phenoxy) is 3. The molecule has 1 aromatic carbocycles. The number of nitrogens with two attached hydrogens (primary N) is 1. The van der Waals surface area contributed by atoms with Gasteiger partial charge >= 0.3 is 23.9 Å². The van der Waals surface area contributed by atoms with Gasteiger partial charge in [0.15, 0.2) is 11.5 Å². The Morgan fingerprint density at radius 3 is 2.15 bits per heavy atom. The molecule has 3 atom stereocenters. The molecule has 0 aliphatic heterocycles. The predicted octanol–water partition coefficient (Wildman–Crippen LogP) is 3.72. The van der Waals surface area contributed by atoms with Crippen LogP contribution in [0, 0.1) is 5.92 Å². The Kier molecular flexibility index (Phi) is 10.5. The minimum absolute atomic E-state index is 0.000548. The van der Waals surface area contributed by atoms with Crippen LogP contribution in [0.3, 0.4) is 0 Å². The molecule has 1 fully saturated rings. The maximum absolute atomic E-state index is 12.5. The van der Waals surface area contributed by atoms with Crippen molar-refractivity contribution in [1.29, 1.82) is 0 Å². The Hall–Kier alpha value is -2.94. The second kappa shape index (κ2) is 13.1. The highest BCUT2D eigenvalue weighted by Crippen LogP contribution is 2.35. The zero-order valence-electron chi connectivity index (χ0n) is 20.1. The summed E-state index contributed by atoms with van der Waals surface area (Å²) >= 11 is 0. The Morgan fingerprint density at radius 2 is 1.59 bits per heavy atom. The molecule has 0 heterocycles. The van der Waals surface area contributed by atoms with E-state index < -0.39 is 36.0 Å². The lowest BCUT2D eigenvalue weighted by Gasteiger charge is -2.27. The standard InChI is InChI=1S/C25H35NO8/c1-4-21(27)33-19-12-11-17(14-20(19)34-22(28)5-2)18(23(26)24(29)30)13-15(3)32-25(31)16-9-7-6-8-10-16/h11-12,14-16,18,23H,4-10,13,26H2,1-3H3,(H,29,30)/t15?,18?,23-/m0/s1. The average Bonchev–Trinajstić information content (AvgIpc) is 2.83. The van der Waals surface area contributed by atoms with Gasteiger partial charge in [-0.1, -0.05) is 39.2 Å². The summed E-state index contributed by atoms with van der Waals surface area (Å²) in [6.07, 6.45) is 4.50. The van der Waals surface area contributed by atoms with E-state index in [2.05, 4.69) is 0 Å². The highest BCUT2D eigenvalue weighted by molar-refractivity contribution is 5.77. The van der Waals surface area contributed by atoms with E-state index in [9.17, 15) is 24.3 Å². The molecule has 0 radical (unpaired) electrons. The van der Waals surface area contributed by atoms with Gasteiger partial charge in [-0.15, -0.1) is 0 Å². The van der Waals surface area contributed by atoms with Crippen LogP contribution in [0.5, 0.6) is 11.5 Å². The van der Waals surface area contributed by atoms with Crippen LogP contribution >= 0.6 is 0 Å². The first-order valence-electron chi connectivity index (χ1n) is 11.9. The van der Waals surface area contributed by atoms with Crippen molar-refractivity contribution in [2.24, 2.45) is 11.7 Å². The van der Waals surface area contributed by atoms with Crippen molar-refractivity contribution in [3.63, 3.8) is 0 Å². The van der Waals surface area contributed by atoms with E-state index in [1.165, 1.54) is 12.1 Å². The molecule has 1 aliphatic rings. The molecule has 0 saturated heterocycles. The lowest BCUT2D eigenvalue weighted by molar-refractivity contribution is -0.155. The minimum Gasteiger partial charge on any atom is -0.480 e. The quantitative estimate of drug-likeness (QED) is 0.360. The number of rotatable bonds is 11. The molecule has 2 rings (SSSR count). The molecule has 0 amide bonds. The van der Waals surface area contributed by atoms with Gasteiger partial charge in [-0.3, -0.25) is 19.2 Å². The third-order valence-corrected chi connectivity index (χ3v) is 5.98. The van der Waals surface area contributed by atoms with Crippen LogP contribution in [-0.4, -0.2) is 41.1 Å². The number of aliphatic carboxylic acids is 1. The summed E-state index contributed by atoms with van der Waals surface area (Å²) in [4.78, 5) is 48.0. The van der Waals surface area contributed by atoms with E-state index in [4.69, 9.17) is 19.9 Å². The van der Waals surface area contributed by atoms with Gasteiger partial charge in [0.05, 0.1) is 12.0 Å². The monoisotopic (exact) mass is 477 g/mol. The van der Waals surface area contributed by atoms with Crippen molar-refractivity contribution in [2.75, 3.05) is 0 Å². The lowest BCUT2D eigenvalue weighted by atomic mass is 9.86. The number of hydrogen-bond acceptors (Lipinski definition) is 8. The van der Waals surface area contributed by atoms with Gasteiger partial charge in [0.1, 0.15) is 6.04 Å². The van der Waals surface area contributed by atoms with Crippen LogP contribution in [0.4, 0.5) is 0 Å². The highest BCUT2D eigenvalue weighted by atomic mass is 16.6. The summed E-state index contributed by atoms with van der Waals surface area (Å²) < 4.78 is 16.2. The van der Waals surface area contributed by atoms with E-state index in [1.807, 2.05) is 0 Å². The molecule has 0 spiro atoms. The Balaban J connectivity index is 2.28. The van der Waals surface area contributed by atoms with E-state index in [1.54, 1.807) is 26.8 Å². The number of benzene rings is 1. The number of carboxylic acid groups (broad SMARTS) is 1. The van der Waals surface area contributed by atoms with Crippen LogP contribution in [0.1, 0.15) is 83.6 Å². The molecule has 1 saturated carbocycles. The number of carboxylic acids is 1. The number of hydrogen-bond donors (Lipinski definition) is 2. The molecule has 34 heavy (non-hydrogen) atoms. The molecule has 1 aliphatic carbocycles. The molecular weight excluding hydrogens is 442 g/mol. The lowest BCUT2D eigenvalue weighted by Crippen LogP contribution is -2.38. The van der Waals surface area contributed by atoms with Crippen molar-refractivity contribution < 1.29 is 38.5 Å². The van der Waals surface area contributed by atoms with Gasteiger partial charge in [0, 0.05) is 18.8 Å². The van der Waals surface area contributed by atoms with Crippen LogP contribution in [0.15, 0.2) is 18.2 Å². The minimum atomic E-state index is -1.30. The van der Waals surface area contributed by atoms with Crippen LogP contribution in [-0.2, 0) is 23.9 Å². The normalized spacial score (nSPS) is 16.7. The number of esters is 3. The Labute approximate surface area is 199 Å². The highest BCUT2D eigenvalue weighted by Gasteiger charge is 2.31. The first-order valence-corrected chi connectivity index (χ1v) is 11.9. The average molecular weight is 478 g/mol. The summed E-state index contributed by atoms with van der Waals surface area (Å²) in [5.41, 5.74) is 6.46. The first kappa shape index (κ1) is 27.3. The van der Waals surface area contributed by atoms with Gasteiger partial charge in [-0.25, -0.2) is 0 Å². The number of carbonyl (C=O) groups is 4. The fourth-order valence-electron chi connectivity index (χ4n) is 4.01. The molecule has 9 nitrogen and oxygen atoms in total. The maximum atomic E-state index is 12.5. The topological polar surface area (TPSA) is 142 Å². The molecule has 188 valence electrons. The van der Waals surface area contributed by atoms with Gasteiger partial charge in [-0.2, -0.15) is 0 Å². The SMILES string of the molecule is CCC(=O)Oc1ccc(C(CC(C)OC(=O)C2CCCCC2)[C@H](N)C(=O)O)cc1OC(=O)CC. The maximum Gasteiger partial charge on any atom is 0.321 e. The van der Waals surface area contributed by atoms with Gasteiger partial charge in [-0.05, 0) is 43.9 Å². The van der Waals surface area contributed by atoms with Crippen molar-refractivity contribution in [1.82, 2.24) is 0 Å². The molecular formula is C25H35NO8. The summed E-state index contributed by atoms with van der Waals surface area (Å²) in [5.74, 6) is -3.36. The zero-order chi connectivity index (χ0) is 25.3. The van der Waals surface area contributed by atoms with Crippen molar-refractivity contribution in [3.05, 3.63) is 23.8 Å². The van der Waals surface area contributed by atoms with Crippen LogP contribution in [0.25, 0.3) is 0 Å². The van der Waals surface area contributed by atoms with E-state index >= 15 is 0 Å². The van der Waals surface area contributed by atoms with Crippen LogP contribution < -0.4 is 15.2 Å². The third-order valence-electron chi connectivity index (χ3n) is 5.98. The molecule has 3 N–H and O–H groups in total. The second-order valence-corrected chi connectivity index (χ2v) is 8.65. The van der Waals surface area contributed by atoms with Crippen molar-refractivity contribution >= 4 is 23.9 Å².